The molecule has 22 heavy (non-hydrogen) atoms. The Morgan fingerprint density at radius 2 is 1.91 bits per heavy atom. The molecule has 8 atom stereocenters. The molecule has 4 saturated heterocycles. The minimum absolute atomic E-state index is 0.159. The molecule has 5 aliphatic rings. The van der Waals surface area contributed by atoms with Crippen LogP contribution in [0.5, 0.6) is 0 Å². The second-order valence-corrected chi connectivity index (χ2v) is 8.02. The van der Waals surface area contributed by atoms with Gasteiger partial charge in [-0.1, -0.05) is 13.8 Å². The van der Waals surface area contributed by atoms with Gasteiger partial charge in [-0.15, -0.1) is 0 Å². The molecule has 1 aliphatic carbocycles. The van der Waals surface area contributed by atoms with Crippen LogP contribution in [0.1, 0.15) is 52.9 Å². The maximum absolute atomic E-state index is 6.39. The van der Waals surface area contributed by atoms with Gasteiger partial charge in [0.15, 0.2) is 11.9 Å². The first-order chi connectivity index (χ1) is 10.5. The molecule has 0 aromatic heterocycles. The highest BCUT2D eigenvalue weighted by Gasteiger charge is 2.69. The molecule has 1 saturated carbocycles. The zero-order valence-corrected chi connectivity index (χ0v) is 13.9. The van der Waals surface area contributed by atoms with Crippen molar-refractivity contribution >= 4 is 0 Å². The van der Waals surface area contributed by atoms with Crippen LogP contribution in [0, 0.1) is 23.7 Å². The minimum atomic E-state index is -0.675. The minimum Gasteiger partial charge on any atom is -0.346 e. The van der Waals surface area contributed by atoms with Gasteiger partial charge < -0.3 is 15.2 Å². The van der Waals surface area contributed by atoms with Crippen molar-refractivity contribution in [2.75, 3.05) is 6.54 Å². The predicted molar refractivity (Wildman–Crippen MR) is 80.5 cm³/mol. The van der Waals surface area contributed by atoms with Crippen molar-refractivity contribution in [2.24, 2.45) is 29.4 Å². The monoisotopic (exact) mass is 311 g/mol. The number of rotatable bonds is 2. The van der Waals surface area contributed by atoms with Crippen LogP contribution in [0.2, 0.25) is 0 Å². The lowest BCUT2D eigenvalue weighted by atomic mass is 9.57. The molecule has 126 valence electrons. The molecule has 5 rings (SSSR count). The van der Waals surface area contributed by atoms with Crippen LogP contribution < -0.4 is 5.73 Å². The van der Waals surface area contributed by atoms with Crippen LogP contribution in [0.3, 0.4) is 0 Å². The van der Waals surface area contributed by atoms with Gasteiger partial charge in [0.05, 0.1) is 6.10 Å². The number of hydrogen-bond acceptors (Lipinski definition) is 5. The third-order valence-electron chi connectivity index (χ3n) is 6.75. The van der Waals surface area contributed by atoms with E-state index >= 15 is 0 Å². The molecule has 0 radical (unpaired) electrons. The first-order valence-electron chi connectivity index (χ1n) is 8.90. The van der Waals surface area contributed by atoms with Crippen molar-refractivity contribution in [3.63, 3.8) is 0 Å². The topological polar surface area (TPSA) is 62.9 Å². The molecular formula is C17H29NO4. The van der Waals surface area contributed by atoms with Crippen LogP contribution in [0.25, 0.3) is 0 Å². The quantitative estimate of drug-likeness (QED) is 0.794. The first kappa shape index (κ1) is 15.3. The largest absolute Gasteiger partial charge is 0.346 e. The summed E-state index contributed by atoms with van der Waals surface area (Å²) in [6.07, 6.45) is 5.08. The molecular weight excluding hydrogens is 282 g/mol. The van der Waals surface area contributed by atoms with Gasteiger partial charge in [0.25, 0.3) is 0 Å². The summed E-state index contributed by atoms with van der Waals surface area (Å²) >= 11 is 0. The van der Waals surface area contributed by atoms with E-state index in [2.05, 4.69) is 13.8 Å². The average Bonchev–Trinajstić information content (AvgIpc) is 2.71. The van der Waals surface area contributed by atoms with E-state index in [-0.39, 0.29) is 12.4 Å². The van der Waals surface area contributed by atoms with Crippen LogP contribution in [0.4, 0.5) is 0 Å². The van der Waals surface area contributed by atoms with E-state index in [1.54, 1.807) is 0 Å². The van der Waals surface area contributed by atoms with Crippen LogP contribution in [-0.2, 0) is 19.2 Å². The lowest BCUT2D eigenvalue weighted by Crippen LogP contribution is -2.70. The van der Waals surface area contributed by atoms with Crippen molar-refractivity contribution in [3.05, 3.63) is 0 Å². The predicted octanol–water partition coefficient (Wildman–Crippen LogP) is 2.59. The Morgan fingerprint density at radius 1 is 1.09 bits per heavy atom. The van der Waals surface area contributed by atoms with Crippen LogP contribution >= 0.6 is 0 Å². The Morgan fingerprint density at radius 3 is 2.68 bits per heavy atom. The highest BCUT2D eigenvalue weighted by molar-refractivity contribution is 5.09. The fourth-order valence-electron chi connectivity index (χ4n) is 5.47. The molecule has 0 unspecified atom stereocenters. The Hall–Kier alpha value is -0.200. The molecule has 5 fully saturated rings. The SMILES string of the molecule is C[C@H]1[C@@H](CCN)O[C@@H]2O[C@]3(C)CC[C@H]4[C@H](C)CC[C@@H]1[C@@]24OO3. The van der Waals surface area contributed by atoms with Gasteiger partial charge in [0.1, 0.15) is 0 Å². The molecule has 5 nitrogen and oxygen atoms in total. The highest BCUT2D eigenvalue weighted by atomic mass is 17.3. The standard InChI is InChI=1S/C17H29NO4/c1-10-4-5-13-11(2)14(7-9-18)19-15-17(13)12(10)6-8-16(3,20-15)21-22-17/h10-15H,4-9,18H2,1-3H3/t10-,11-,12+,13+,14-,15-,16+,17-/m1/s1. The van der Waals surface area contributed by atoms with E-state index < -0.39 is 11.4 Å². The summed E-state index contributed by atoms with van der Waals surface area (Å²) < 4.78 is 12.7. The fraction of sp³-hybridized carbons (Fsp3) is 1.00. The third kappa shape index (κ3) is 1.96. The van der Waals surface area contributed by atoms with E-state index in [1.807, 2.05) is 6.92 Å². The normalized spacial score (nSPS) is 57.3. The van der Waals surface area contributed by atoms with Gasteiger partial charge in [0, 0.05) is 12.3 Å². The summed E-state index contributed by atoms with van der Waals surface area (Å²) in [5.41, 5.74) is 5.36. The van der Waals surface area contributed by atoms with Gasteiger partial charge in [-0.25, -0.2) is 9.78 Å². The zero-order valence-electron chi connectivity index (χ0n) is 13.9. The fourth-order valence-corrected chi connectivity index (χ4v) is 5.47. The van der Waals surface area contributed by atoms with E-state index in [0.29, 0.717) is 30.2 Å². The smallest absolute Gasteiger partial charge is 0.201 e. The Kier molecular flexibility index (Phi) is 3.59. The van der Waals surface area contributed by atoms with Crippen LogP contribution in [0.15, 0.2) is 0 Å². The van der Waals surface area contributed by atoms with E-state index in [4.69, 9.17) is 25.0 Å². The number of ether oxygens (including phenoxy) is 2. The molecule has 2 N–H and O–H groups in total. The van der Waals surface area contributed by atoms with Crippen molar-refractivity contribution in [2.45, 2.75) is 76.7 Å². The summed E-state index contributed by atoms with van der Waals surface area (Å²) in [4.78, 5) is 11.9. The van der Waals surface area contributed by atoms with Gasteiger partial charge in [-0.2, -0.15) is 0 Å². The molecule has 0 amide bonds. The molecule has 0 aromatic carbocycles. The van der Waals surface area contributed by atoms with Crippen molar-refractivity contribution in [1.82, 2.24) is 0 Å². The van der Waals surface area contributed by atoms with E-state index in [1.165, 1.54) is 6.42 Å². The summed E-state index contributed by atoms with van der Waals surface area (Å²) in [6, 6.07) is 0. The zero-order chi connectivity index (χ0) is 15.5. The molecule has 2 bridgehead atoms. The average molecular weight is 311 g/mol. The Balaban J connectivity index is 1.75. The molecule has 4 aliphatic heterocycles. The molecule has 4 heterocycles. The van der Waals surface area contributed by atoms with Crippen molar-refractivity contribution < 1.29 is 19.2 Å². The maximum atomic E-state index is 6.39. The van der Waals surface area contributed by atoms with E-state index in [0.717, 1.165) is 25.7 Å². The summed E-state index contributed by atoms with van der Waals surface area (Å²) in [7, 11) is 0. The van der Waals surface area contributed by atoms with Gasteiger partial charge in [-0.3, -0.25) is 0 Å². The lowest BCUT2D eigenvalue weighted by molar-refractivity contribution is -0.571. The molecule has 0 aromatic rings. The first-order valence-corrected chi connectivity index (χ1v) is 8.90. The molecule has 5 heteroatoms. The second kappa shape index (κ2) is 5.15. The van der Waals surface area contributed by atoms with Crippen molar-refractivity contribution in [1.29, 1.82) is 0 Å². The number of hydrogen-bond donors (Lipinski definition) is 1. The summed E-state index contributed by atoms with van der Waals surface area (Å²) in [6.45, 7) is 7.24. The summed E-state index contributed by atoms with van der Waals surface area (Å²) in [5, 5.41) is 0. The maximum Gasteiger partial charge on any atom is 0.201 e. The van der Waals surface area contributed by atoms with Gasteiger partial charge >= 0.3 is 0 Å². The van der Waals surface area contributed by atoms with Gasteiger partial charge in [-0.05, 0) is 56.9 Å². The van der Waals surface area contributed by atoms with Crippen LogP contribution in [-0.4, -0.2) is 30.3 Å². The van der Waals surface area contributed by atoms with Crippen molar-refractivity contribution in [3.8, 4) is 0 Å². The van der Waals surface area contributed by atoms with E-state index in [9.17, 15) is 0 Å². The Bertz CT molecular complexity index is 446. The molecule has 1 spiro atoms. The highest BCUT2D eigenvalue weighted by Crippen LogP contribution is 2.60. The lowest BCUT2D eigenvalue weighted by Gasteiger charge is -2.60. The number of nitrogens with two attached hydrogens (primary N) is 1. The second-order valence-electron chi connectivity index (χ2n) is 8.02. The Labute approximate surface area is 132 Å². The number of fused-ring (bicyclic) bond motifs is 2. The van der Waals surface area contributed by atoms with Gasteiger partial charge in [0.2, 0.25) is 5.79 Å². The summed E-state index contributed by atoms with van der Waals surface area (Å²) in [5.74, 6) is 1.23. The third-order valence-corrected chi connectivity index (χ3v) is 6.75.